The maximum Gasteiger partial charge on any atom is 0.137 e. The van der Waals surface area contributed by atoms with Crippen LogP contribution in [0.25, 0.3) is 33.3 Å². The highest BCUT2D eigenvalue weighted by Crippen LogP contribution is 2.47. The average molecular weight is 989 g/mol. The van der Waals surface area contributed by atoms with E-state index in [1.807, 2.05) is 6.20 Å². The Hall–Kier alpha value is -7.37. The number of ether oxygens (including phenoxy) is 1. The fourth-order valence-electron chi connectivity index (χ4n) is 11.3. The number of aromatic nitrogens is 2. The van der Waals surface area contributed by atoms with Gasteiger partial charge in [0.25, 0.3) is 0 Å². The summed E-state index contributed by atoms with van der Waals surface area (Å²) in [5, 5.41) is 2.37. The molecule has 0 bridgehead atoms. The van der Waals surface area contributed by atoms with Gasteiger partial charge in [-0.25, -0.2) is 4.98 Å². The monoisotopic (exact) mass is 989 g/mol. The molecule has 3 heterocycles. The highest BCUT2D eigenvalue weighted by Gasteiger charge is 2.33. The molecule has 0 saturated heterocycles. The minimum atomic E-state index is -0.400. The van der Waals surface area contributed by atoms with E-state index in [4.69, 9.17) is 9.72 Å². The Morgan fingerprint density at radius 1 is 0.480 bits per heavy atom. The van der Waals surface area contributed by atoms with Gasteiger partial charge in [0.1, 0.15) is 17.3 Å². The van der Waals surface area contributed by atoms with Gasteiger partial charge in [-0.2, -0.15) is 0 Å². The number of rotatable bonds is 12. The maximum atomic E-state index is 7.40. The minimum Gasteiger partial charge on any atom is -0.457 e. The van der Waals surface area contributed by atoms with Gasteiger partial charge in [-0.3, -0.25) is 4.57 Å². The Bertz CT molecular complexity index is 3550. The Morgan fingerprint density at radius 3 is 1.69 bits per heavy atom. The lowest BCUT2D eigenvalue weighted by atomic mass is 9.76. The van der Waals surface area contributed by atoms with Crippen LogP contribution < -0.4 is 14.5 Å². The summed E-state index contributed by atoms with van der Waals surface area (Å²) in [7, 11) is 0. The number of fused-ring (bicyclic) bond motifs is 3. The highest BCUT2D eigenvalue weighted by molar-refractivity contribution is 6.12. The highest BCUT2D eigenvalue weighted by atomic mass is 16.5. The molecular formula is C70H76N4O. The molecule has 5 heteroatoms. The molecule has 9 aromatic rings. The van der Waals surface area contributed by atoms with E-state index >= 15 is 0 Å². The number of pyridine rings is 1. The van der Waals surface area contributed by atoms with E-state index in [2.05, 4.69) is 287 Å². The van der Waals surface area contributed by atoms with Crippen LogP contribution in [-0.4, -0.2) is 16.2 Å². The average Bonchev–Trinajstić information content (AvgIpc) is 3.99. The number of nitrogens with zero attached hydrogens (tertiary/aromatic N) is 4. The zero-order chi connectivity index (χ0) is 53.2. The summed E-state index contributed by atoms with van der Waals surface area (Å²) in [5.41, 5.74) is 16.3. The summed E-state index contributed by atoms with van der Waals surface area (Å²) < 4.78 is 9.75. The molecule has 0 aliphatic carbocycles. The first-order valence-electron chi connectivity index (χ1n) is 27.1. The van der Waals surface area contributed by atoms with Crippen molar-refractivity contribution in [2.45, 2.75) is 130 Å². The fourth-order valence-corrected chi connectivity index (χ4v) is 11.3. The molecular weight excluding hydrogens is 913 g/mol. The van der Waals surface area contributed by atoms with Crippen LogP contribution in [0.2, 0.25) is 0 Å². The molecule has 2 aromatic heterocycles. The molecule has 1 aliphatic heterocycles. The van der Waals surface area contributed by atoms with Crippen LogP contribution in [0.4, 0.5) is 11.4 Å². The summed E-state index contributed by atoms with van der Waals surface area (Å²) >= 11 is 0. The molecule has 0 unspecified atom stereocenters. The molecule has 382 valence electrons. The lowest BCUT2D eigenvalue weighted by Crippen LogP contribution is -2.27. The number of para-hydroxylation sites is 1. The first-order chi connectivity index (χ1) is 35.6. The van der Waals surface area contributed by atoms with Crippen molar-refractivity contribution in [3.8, 4) is 17.3 Å². The Morgan fingerprint density at radius 2 is 1.05 bits per heavy atom. The molecule has 1 aliphatic rings. The molecule has 5 nitrogen and oxygen atoms in total. The summed E-state index contributed by atoms with van der Waals surface area (Å²) in [6, 6.07) is 62.4. The van der Waals surface area contributed by atoms with Crippen molar-refractivity contribution in [1.29, 1.82) is 0 Å². The zero-order valence-corrected chi connectivity index (χ0v) is 46.9. The molecule has 7 aromatic carbocycles. The van der Waals surface area contributed by atoms with Crippen molar-refractivity contribution in [3.63, 3.8) is 0 Å². The molecule has 75 heavy (non-hydrogen) atoms. The fraction of sp³-hybridized carbons (Fsp3) is 0.300. The van der Waals surface area contributed by atoms with Gasteiger partial charge in [-0.1, -0.05) is 206 Å². The van der Waals surface area contributed by atoms with Crippen molar-refractivity contribution in [2.24, 2.45) is 0 Å². The molecule has 0 amide bonds. The molecule has 0 atom stereocenters. The van der Waals surface area contributed by atoms with Gasteiger partial charge in [0, 0.05) is 63.1 Å². The predicted octanol–water partition coefficient (Wildman–Crippen LogP) is 18.7. The van der Waals surface area contributed by atoms with Crippen LogP contribution in [0.3, 0.4) is 0 Å². The van der Waals surface area contributed by atoms with Gasteiger partial charge in [0.2, 0.25) is 0 Å². The SMILES string of the molecule is CC(C)c1cccc(C(C)C)c1C1=CN(c2cc(Oc3cc(C(C)(C)c4ccccc4)c4c5ccccc5n(-c5cc(C(C)(C)c6ccccc6)ccn5)c4c3)cc(C(C)(C)C)c2)CN1c1cccc(C(C)(C)C)c1. The largest absolute Gasteiger partial charge is 0.457 e. The second-order valence-electron chi connectivity index (χ2n) is 24.6. The van der Waals surface area contributed by atoms with Crippen LogP contribution in [0, 0.1) is 0 Å². The van der Waals surface area contributed by atoms with Crippen molar-refractivity contribution in [3.05, 3.63) is 232 Å². The molecule has 0 spiro atoms. The smallest absolute Gasteiger partial charge is 0.137 e. The van der Waals surface area contributed by atoms with E-state index in [0.717, 1.165) is 34.0 Å². The lowest BCUT2D eigenvalue weighted by molar-refractivity contribution is 0.477. The summed E-state index contributed by atoms with van der Waals surface area (Å²) in [6.07, 6.45) is 4.37. The van der Waals surface area contributed by atoms with Gasteiger partial charge in [-0.05, 0) is 116 Å². The van der Waals surface area contributed by atoms with Gasteiger partial charge in [-0.15, -0.1) is 0 Å². The molecule has 10 rings (SSSR count). The van der Waals surface area contributed by atoms with Gasteiger partial charge in [0.05, 0.1) is 23.4 Å². The number of hydrogen-bond donors (Lipinski definition) is 0. The Kier molecular flexibility index (Phi) is 13.2. The third-order valence-corrected chi connectivity index (χ3v) is 15.9. The van der Waals surface area contributed by atoms with E-state index in [-0.39, 0.29) is 16.2 Å². The second kappa shape index (κ2) is 19.4. The van der Waals surface area contributed by atoms with Crippen molar-refractivity contribution in [2.75, 3.05) is 16.5 Å². The summed E-state index contributed by atoms with van der Waals surface area (Å²) in [6.45, 7) is 33.0. The van der Waals surface area contributed by atoms with Crippen LogP contribution in [-0.2, 0) is 21.7 Å². The van der Waals surface area contributed by atoms with Gasteiger partial charge in [0.15, 0.2) is 0 Å². The van der Waals surface area contributed by atoms with E-state index in [0.29, 0.717) is 18.5 Å². The topological polar surface area (TPSA) is 33.5 Å². The standard InChI is InChI=1S/C70H76N4O/c1-46(2)57-32-24-33-58(47(3)4)65(57)63-44-72(45-73(63)53-30-23-29-50(37-53)67(5,6)7)54-38-52(68(8,9)10)39-55(41-54)75-56-42-60(70(13,14)49-27-19-16-20-28-49)66-59-31-21-22-34-61(59)74(62(66)43-56)64-40-51(35-36-71-64)69(11,12)48-25-17-15-18-26-48/h15-44,46-47H,45H2,1-14H3. The zero-order valence-electron chi connectivity index (χ0n) is 46.9. The lowest BCUT2D eigenvalue weighted by Gasteiger charge is -2.30. The minimum absolute atomic E-state index is 0.00109. The molecule has 0 fully saturated rings. The third-order valence-electron chi connectivity index (χ3n) is 15.9. The summed E-state index contributed by atoms with van der Waals surface area (Å²) in [5.74, 6) is 3.12. The van der Waals surface area contributed by atoms with Crippen LogP contribution in [0.15, 0.2) is 182 Å². The Labute approximate surface area is 447 Å². The number of anilines is 2. The molecule has 0 saturated carbocycles. The van der Waals surface area contributed by atoms with Crippen molar-refractivity contribution >= 4 is 38.9 Å². The van der Waals surface area contributed by atoms with E-state index in [1.165, 1.54) is 72.2 Å². The van der Waals surface area contributed by atoms with E-state index in [9.17, 15) is 0 Å². The van der Waals surface area contributed by atoms with Crippen LogP contribution in [0.5, 0.6) is 11.5 Å². The first-order valence-corrected chi connectivity index (χ1v) is 27.1. The van der Waals surface area contributed by atoms with Crippen molar-refractivity contribution < 1.29 is 4.74 Å². The van der Waals surface area contributed by atoms with Crippen LogP contribution >= 0.6 is 0 Å². The number of benzene rings is 7. The maximum absolute atomic E-state index is 7.40. The Balaban J connectivity index is 1.17. The molecule has 0 radical (unpaired) electrons. The number of hydrogen-bond acceptors (Lipinski definition) is 4. The first kappa shape index (κ1) is 51.1. The molecule has 0 N–H and O–H groups in total. The third kappa shape index (κ3) is 9.67. The summed E-state index contributed by atoms with van der Waals surface area (Å²) in [4.78, 5) is 10.1. The van der Waals surface area contributed by atoms with E-state index < -0.39 is 5.41 Å². The quantitative estimate of drug-likeness (QED) is 0.122. The normalized spacial score (nSPS) is 13.7. The predicted molar refractivity (Wildman–Crippen MR) is 318 cm³/mol. The van der Waals surface area contributed by atoms with Crippen molar-refractivity contribution in [1.82, 2.24) is 9.55 Å². The van der Waals surface area contributed by atoms with Crippen LogP contribution in [0.1, 0.15) is 159 Å². The van der Waals surface area contributed by atoms with Gasteiger partial charge >= 0.3 is 0 Å². The second-order valence-corrected chi connectivity index (χ2v) is 24.6. The van der Waals surface area contributed by atoms with Gasteiger partial charge < -0.3 is 14.5 Å². The van der Waals surface area contributed by atoms with E-state index in [1.54, 1.807) is 0 Å².